The second kappa shape index (κ2) is 6.23. The number of amides is 1. The second-order valence-electron chi connectivity index (χ2n) is 7.39. The molecule has 1 amide bonds. The van der Waals surface area contributed by atoms with E-state index >= 15 is 0 Å². The molecule has 3 aliphatic rings. The summed E-state index contributed by atoms with van der Waals surface area (Å²) in [5, 5.41) is 3.50. The summed E-state index contributed by atoms with van der Waals surface area (Å²) in [5.41, 5.74) is -0.0466. The van der Waals surface area contributed by atoms with Crippen LogP contribution in [0, 0.1) is 23.2 Å². The highest BCUT2D eigenvalue weighted by atomic mass is 35.5. The van der Waals surface area contributed by atoms with Crippen molar-refractivity contribution in [3.63, 3.8) is 0 Å². The molecule has 0 aromatic heterocycles. The third-order valence-electron chi connectivity index (χ3n) is 5.62. The summed E-state index contributed by atoms with van der Waals surface area (Å²) >= 11 is 0. The molecule has 2 aliphatic heterocycles. The summed E-state index contributed by atoms with van der Waals surface area (Å²) in [4.78, 5) is 15.3. The Morgan fingerprint density at radius 1 is 1.20 bits per heavy atom. The minimum Gasteiger partial charge on any atom is -0.342 e. The van der Waals surface area contributed by atoms with Crippen LogP contribution in [0.5, 0.6) is 0 Å². The van der Waals surface area contributed by atoms with Crippen molar-refractivity contribution in [3.8, 4) is 0 Å². The van der Waals surface area contributed by atoms with E-state index in [-0.39, 0.29) is 17.8 Å². The molecule has 20 heavy (non-hydrogen) atoms. The summed E-state index contributed by atoms with van der Waals surface area (Å²) in [5.74, 6) is 2.41. The molecular formula is C16H29ClN2O. The van der Waals surface area contributed by atoms with Crippen molar-refractivity contribution in [2.24, 2.45) is 23.2 Å². The summed E-state index contributed by atoms with van der Waals surface area (Å²) in [6.45, 7) is 8.54. The van der Waals surface area contributed by atoms with Gasteiger partial charge < -0.3 is 10.2 Å². The Bertz CT molecular complexity index is 352. The van der Waals surface area contributed by atoms with Gasteiger partial charge >= 0.3 is 0 Å². The highest BCUT2D eigenvalue weighted by Gasteiger charge is 2.51. The van der Waals surface area contributed by atoms with Crippen LogP contribution >= 0.6 is 12.4 Å². The zero-order valence-corrected chi connectivity index (χ0v) is 13.7. The number of hydrogen-bond acceptors (Lipinski definition) is 2. The van der Waals surface area contributed by atoms with E-state index in [0.717, 1.165) is 32.6 Å². The van der Waals surface area contributed by atoms with Crippen LogP contribution in [-0.2, 0) is 4.79 Å². The normalized spacial score (nSPS) is 40.9. The largest absolute Gasteiger partial charge is 0.342 e. The molecule has 1 saturated carbocycles. The van der Waals surface area contributed by atoms with Crippen LogP contribution in [0.3, 0.4) is 0 Å². The van der Waals surface area contributed by atoms with Crippen LogP contribution in [0.4, 0.5) is 0 Å². The van der Waals surface area contributed by atoms with Gasteiger partial charge in [-0.1, -0.05) is 26.7 Å². The van der Waals surface area contributed by atoms with Crippen molar-refractivity contribution in [1.82, 2.24) is 10.2 Å². The number of nitrogens with one attached hydrogen (secondary N) is 1. The van der Waals surface area contributed by atoms with Gasteiger partial charge in [0.1, 0.15) is 0 Å². The lowest BCUT2D eigenvalue weighted by Gasteiger charge is -2.44. The molecule has 0 spiro atoms. The number of carbonyl (C=O) groups excluding carboxylic acids is 1. The molecule has 3 fully saturated rings. The monoisotopic (exact) mass is 300 g/mol. The van der Waals surface area contributed by atoms with E-state index < -0.39 is 0 Å². The van der Waals surface area contributed by atoms with Gasteiger partial charge in [-0.2, -0.15) is 0 Å². The molecule has 0 aromatic carbocycles. The van der Waals surface area contributed by atoms with E-state index in [0.29, 0.717) is 23.7 Å². The summed E-state index contributed by atoms with van der Waals surface area (Å²) in [6.07, 6.45) is 6.19. The minimum absolute atomic E-state index is 0. The fourth-order valence-electron chi connectivity index (χ4n) is 4.81. The molecule has 0 radical (unpaired) electrons. The zero-order chi connectivity index (χ0) is 13.5. The zero-order valence-electron chi connectivity index (χ0n) is 12.9. The Morgan fingerprint density at radius 3 is 2.60 bits per heavy atom. The summed E-state index contributed by atoms with van der Waals surface area (Å²) < 4.78 is 0. The van der Waals surface area contributed by atoms with Gasteiger partial charge in [0.15, 0.2) is 0 Å². The van der Waals surface area contributed by atoms with E-state index in [9.17, 15) is 4.79 Å². The third-order valence-corrected chi connectivity index (χ3v) is 5.62. The van der Waals surface area contributed by atoms with Gasteiger partial charge in [-0.25, -0.2) is 0 Å². The Labute approximate surface area is 129 Å². The van der Waals surface area contributed by atoms with E-state index in [1.165, 1.54) is 25.7 Å². The van der Waals surface area contributed by atoms with Crippen LogP contribution in [-0.4, -0.2) is 37.0 Å². The van der Waals surface area contributed by atoms with Crippen LogP contribution in [0.2, 0.25) is 0 Å². The molecule has 3 nitrogen and oxygen atoms in total. The molecule has 4 heteroatoms. The number of fused-ring (bicyclic) bond motifs is 1. The maximum atomic E-state index is 13.1. The van der Waals surface area contributed by atoms with E-state index in [1.807, 2.05) is 0 Å². The van der Waals surface area contributed by atoms with E-state index in [2.05, 4.69) is 24.1 Å². The van der Waals surface area contributed by atoms with Gasteiger partial charge in [0.25, 0.3) is 0 Å². The van der Waals surface area contributed by atoms with Crippen LogP contribution in [0.25, 0.3) is 0 Å². The van der Waals surface area contributed by atoms with Gasteiger partial charge in [-0.05, 0) is 43.6 Å². The Hall–Kier alpha value is -0.280. The molecule has 2 saturated heterocycles. The number of hydrogen-bond donors (Lipinski definition) is 1. The number of rotatable bonds is 1. The molecule has 116 valence electrons. The maximum absolute atomic E-state index is 13.1. The topological polar surface area (TPSA) is 32.3 Å². The van der Waals surface area contributed by atoms with Crippen molar-refractivity contribution >= 4 is 18.3 Å². The minimum atomic E-state index is -0.0466. The summed E-state index contributed by atoms with van der Waals surface area (Å²) in [7, 11) is 0. The highest BCUT2D eigenvalue weighted by molar-refractivity contribution is 5.85. The first-order valence-corrected chi connectivity index (χ1v) is 8.12. The molecule has 0 aromatic rings. The first-order valence-electron chi connectivity index (χ1n) is 8.12. The maximum Gasteiger partial charge on any atom is 0.230 e. The van der Waals surface area contributed by atoms with Gasteiger partial charge in [0.2, 0.25) is 5.91 Å². The van der Waals surface area contributed by atoms with Crippen LogP contribution in [0.1, 0.15) is 46.0 Å². The quantitative estimate of drug-likeness (QED) is 0.807. The van der Waals surface area contributed by atoms with Gasteiger partial charge in [-0.3, -0.25) is 4.79 Å². The Balaban J connectivity index is 0.00000147. The van der Waals surface area contributed by atoms with Gasteiger partial charge in [-0.15, -0.1) is 12.4 Å². The fraction of sp³-hybridized carbons (Fsp3) is 0.938. The first kappa shape index (κ1) is 16.1. The average molecular weight is 301 g/mol. The summed E-state index contributed by atoms with van der Waals surface area (Å²) in [6, 6.07) is 0. The second-order valence-corrected chi connectivity index (χ2v) is 7.39. The predicted molar refractivity (Wildman–Crippen MR) is 84.0 cm³/mol. The molecule has 1 N–H and O–H groups in total. The standard InChI is InChI=1S/C16H28N2O.ClH/c1-12-7-13(2)10-18(9-12)15(19)16-6-4-3-5-14(16)8-17-11-16;/h12-14,17H,3-11H2,1-2H3;1H/t12?,13?,14-,16+;/m0./s1. The number of likely N-dealkylation sites (tertiary alicyclic amines) is 1. The van der Waals surface area contributed by atoms with Gasteiger partial charge in [0, 0.05) is 19.6 Å². The van der Waals surface area contributed by atoms with Crippen molar-refractivity contribution < 1.29 is 4.79 Å². The molecule has 0 bridgehead atoms. The van der Waals surface area contributed by atoms with Crippen LogP contribution in [0.15, 0.2) is 0 Å². The predicted octanol–water partition coefficient (Wildman–Crippen LogP) is 2.69. The fourth-order valence-corrected chi connectivity index (χ4v) is 4.81. The lowest BCUT2D eigenvalue weighted by atomic mass is 9.67. The first-order chi connectivity index (χ1) is 9.12. The van der Waals surface area contributed by atoms with Crippen molar-refractivity contribution in [3.05, 3.63) is 0 Å². The number of nitrogens with zero attached hydrogens (tertiary/aromatic N) is 1. The van der Waals surface area contributed by atoms with E-state index in [1.54, 1.807) is 0 Å². The molecule has 1 aliphatic carbocycles. The third kappa shape index (κ3) is 2.71. The SMILES string of the molecule is CC1CC(C)CN(C(=O)[C@@]23CCCC[C@H]2CNC3)C1.Cl. The number of carbonyl (C=O) groups is 1. The van der Waals surface area contributed by atoms with Crippen molar-refractivity contribution in [1.29, 1.82) is 0 Å². The molecule has 2 unspecified atom stereocenters. The smallest absolute Gasteiger partial charge is 0.230 e. The Kier molecular flexibility index (Phi) is 5.01. The molecule has 4 atom stereocenters. The van der Waals surface area contributed by atoms with Crippen molar-refractivity contribution in [2.45, 2.75) is 46.0 Å². The molecule has 2 heterocycles. The van der Waals surface area contributed by atoms with Crippen molar-refractivity contribution in [2.75, 3.05) is 26.2 Å². The Morgan fingerprint density at radius 2 is 1.90 bits per heavy atom. The number of piperidine rings is 1. The van der Waals surface area contributed by atoms with Crippen LogP contribution < -0.4 is 5.32 Å². The highest BCUT2D eigenvalue weighted by Crippen LogP contribution is 2.45. The average Bonchev–Trinajstić information content (AvgIpc) is 2.81. The number of halogens is 1. The molecular weight excluding hydrogens is 272 g/mol. The lowest BCUT2D eigenvalue weighted by molar-refractivity contribution is -0.148. The lowest BCUT2D eigenvalue weighted by Crippen LogP contribution is -2.53. The molecule has 3 rings (SSSR count). The van der Waals surface area contributed by atoms with Gasteiger partial charge in [0.05, 0.1) is 5.41 Å². The van der Waals surface area contributed by atoms with E-state index in [4.69, 9.17) is 0 Å².